The van der Waals surface area contributed by atoms with Crippen molar-refractivity contribution in [2.75, 3.05) is 19.7 Å². The minimum atomic E-state index is -0.426. The van der Waals surface area contributed by atoms with Gasteiger partial charge < -0.3 is 10.5 Å². The van der Waals surface area contributed by atoms with Gasteiger partial charge in [-0.15, -0.1) is 0 Å². The van der Waals surface area contributed by atoms with Crippen molar-refractivity contribution in [3.8, 4) is 11.1 Å². The van der Waals surface area contributed by atoms with Gasteiger partial charge in [0.05, 0.1) is 18.0 Å². The topological polar surface area (TPSA) is 86.3 Å². The lowest BCUT2D eigenvalue weighted by Crippen LogP contribution is -2.38. The molecule has 1 amide bonds. The van der Waals surface area contributed by atoms with Crippen molar-refractivity contribution in [3.05, 3.63) is 71.8 Å². The van der Waals surface area contributed by atoms with Gasteiger partial charge in [0, 0.05) is 50.2 Å². The average Bonchev–Trinajstić information content (AvgIpc) is 3.13. The summed E-state index contributed by atoms with van der Waals surface area (Å²) in [6.07, 6.45) is 3.62. The molecule has 1 atom stereocenters. The zero-order chi connectivity index (χ0) is 19.5. The minimum absolute atomic E-state index is 0.0479. The molecule has 144 valence electrons. The molecule has 2 N–H and O–H groups in total. The van der Waals surface area contributed by atoms with E-state index in [-0.39, 0.29) is 6.10 Å². The molecule has 7 nitrogen and oxygen atoms in total. The molecule has 1 aliphatic rings. The van der Waals surface area contributed by atoms with Crippen molar-refractivity contribution < 1.29 is 9.53 Å². The van der Waals surface area contributed by atoms with E-state index in [2.05, 4.69) is 15.0 Å². The normalized spacial score (nSPS) is 17.5. The Morgan fingerprint density at radius 1 is 1.18 bits per heavy atom. The van der Waals surface area contributed by atoms with Gasteiger partial charge in [0.1, 0.15) is 6.10 Å². The Bertz CT molecular complexity index is 950. The van der Waals surface area contributed by atoms with Crippen LogP contribution in [0.2, 0.25) is 0 Å². The highest BCUT2D eigenvalue weighted by Crippen LogP contribution is 2.25. The van der Waals surface area contributed by atoms with Crippen LogP contribution in [0.5, 0.6) is 0 Å². The fraction of sp³-hybridized carbons (Fsp3) is 0.286. The molecule has 1 fully saturated rings. The van der Waals surface area contributed by atoms with E-state index in [1.807, 2.05) is 54.5 Å². The summed E-state index contributed by atoms with van der Waals surface area (Å²) in [6.45, 7) is 3.22. The third kappa shape index (κ3) is 3.95. The van der Waals surface area contributed by atoms with E-state index < -0.39 is 5.91 Å². The summed E-state index contributed by atoms with van der Waals surface area (Å²) in [4.78, 5) is 18.2. The van der Waals surface area contributed by atoms with Gasteiger partial charge in [-0.25, -0.2) is 0 Å². The number of rotatable bonds is 5. The number of nitrogens with zero attached hydrogens (tertiary/aromatic N) is 4. The van der Waals surface area contributed by atoms with Crippen LogP contribution in [0.1, 0.15) is 27.8 Å². The monoisotopic (exact) mass is 377 g/mol. The van der Waals surface area contributed by atoms with Gasteiger partial charge in [-0.1, -0.05) is 18.2 Å². The molecule has 1 saturated heterocycles. The molecule has 3 aromatic rings. The predicted molar refractivity (Wildman–Crippen MR) is 105 cm³/mol. The summed E-state index contributed by atoms with van der Waals surface area (Å²) < 4.78 is 7.86. The highest BCUT2D eigenvalue weighted by Gasteiger charge is 2.23. The van der Waals surface area contributed by atoms with Crippen LogP contribution in [0, 0.1) is 0 Å². The fourth-order valence-electron chi connectivity index (χ4n) is 3.40. The van der Waals surface area contributed by atoms with Gasteiger partial charge in [-0.2, -0.15) is 5.10 Å². The summed E-state index contributed by atoms with van der Waals surface area (Å²) in [6, 6.07) is 13.3. The van der Waals surface area contributed by atoms with Crippen LogP contribution in [0.25, 0.3) is 11.1 Å². The Morgan fingerprint density at radius 3 is 2.61 bits per heavy atom. The number of aromatic nitrogens is 3. The van der Waals surface area contributed by atoms with Crippen molar-refractivity contribution >= 4 is 5.91 Å². The lowest BCUT2D eigenvalue weighted by atomic mass is 10.0. The van der Waals surface area contributed by atoms with Crippen molar-refractivity contribution in [1.82, 2.24) is 19.7 Å². The number of aryl methyl sites for hydroxylation is 1. The quantitative estimate of drug-likeness (QED) is 0.736. The second kappa shape index (κ2) is 7.92. The number of morpholine rings is 1. The van der Waals surface area contributed by atoms with Gasteiger partial charge in [0.15, 0.2) is 0 Å². The maximum atomic E-state index is 11.2. The first kappa shape index (κ1) is 18.3. The molecular formula is C21H23N5O2. The minimum Gasteiger partial charge on any atom is -0.369 e. The first-order valence-electron chi connectivity index (χ1n) is 9.27. The average molecular weight is 377 g/mol. The van der Waals surface area contributed by atoms with E-state index in [1.54, 1.807) is 12.1 Å². The van der Waals surface area contributed by atoms with Crippen LogP contribution in [0.15, 0.2) is 54.9 Å². The second-order valence-corrected chi connectivity index (χ2v) is 6.95. The van der Waals surface area contributed by atoms with Crippen molar-refractivity contribution in [2.45, 2.75) is 12.6 Å². The van der Waals surface area contributed by atoms with Gasteiger partial charge in [0.2, 0.25) is 5.91 Å². The Morgan fingerprint density at radius 2 is 1.96 bits per heavy atom. The molecular weight excluding hydrogens is 354 g/mol. The van der Waals surface area contributed by atoms with E-state index in [0.29, 0.717) is 12.2 Å². The molecule has 1 aliphatic heterocycles. The van der Waals surface area contributed by atoms with Crippen LogP contribution in [-0.2, 0) is 18.3 Å². The first-order valence-corrected chi connectivity index (χ1v) is 9.27. The molecule has 0 bridgehead atoms. The molecule has 0 radical (unpaired) electrons. The second-order valence-electron chi connectivity index (χ2n) is 6.95. The van der Waals surface area contributed by atoms with Crippen LogP contribution in [0.3, 0.4) is 0 Å². The Hall–Kier alpha value is -3.03. The summed E-state index contributed by atoms with van der Waals surface area (Å²) in [7, 11) is 1.96. The van der Waals surface area contributed by atoms with Crippen LogP contribution in [-0.4, -0.2) is 45.3 Å². The largest absolute Gasteiger partial charge is 0.369 e. The molecule has 1 aromatic carbocycles. The van der Waals surface area contributed by atoms with E-state index in [1.165, 1.54) is 5.69 Å². The number of nitrogens with two attached hydrogens (primary N) is 1. The molecule has 7 heteroatoms. The number of amides is 1. The van der Waals surface area contributed by atoms with Crippen LogP contribution in [0.4, 0.5) is 0 Å². The third-order valence-corrected chi connectivity index (χ3v) is 5.08. The molecule has 28 heavy (non-hydrogen) atoms. The fourth-order valence-corrected chi connectivity index (χ4v) is 3.40. The number of carbonyl (C=O) groups excluding carboxylic acids is 1. The van der Waals surface area contributed by atoms with E-state index in [9.17, 15) is 4.79 Å². The van der Waals surface area contributed by atoms with Gasteiger partial charge in [-0.3, -0.25) is 19.4 Å². The van der Waals surface area contributed by atoms with Crippen molar-refractivity contribution in [2.24, 2.45) is 12.8 Å². The predicted octanol–water partition coefficient (Wildman–Crippen LogP) is 2.15. The zero-order valence-electron chi connectivity index (χ0n) is 15.8. The Labute approximate surface area is 163 Å². The number of primary amides is 1. The molecule has 0 saturated carbocycles. The molecule has 2 aromatic heterocycles. The lowest BCUT2D eigenvalue weighted by Gasteiger charge is -2.32. The molecule has 0 spiro atoms. The Kier molecular flexibility index (Phi) is 5.18. The van der Waals surface area contributed by atoms with Gasteiger partial charge in [-0.05, 0) is 29.8 Å². The summed E-state index contributed by atoms with van der Waals surface area (Å²) >= 11 is 0. The van der Waals surface area contributed by atoms with E-state index in [0.717, 1.165) is 36.5 Å². The van der Waals surface area contributed by atoms with Gasteiger partial charge >= 0.3 is 0 Å². The number of ether oxygens (including phenoxy) is 1. The van der Waals surface area contributed by atoms with Gasteiger partial charge in [0.25, 0.3) is 0 Å². The first-order chi connectivity index (χ1) is 13.6. The maximum Gasteiger partial charge on any atom is 0.248 e. The summed E-state index contributed by atoms with van der Waals surface area (Å²) in [5, 5.41) is 4.23. The molecule has 0 aliphatic carbocycles. The van der Waals surface area contributed by atoms with Crippen molar-refractivity contribution in [3.63, 3.8) is 0 Å². The summed E-state index contributed by atoms with van der Waals surface area (Å²) in [5.74, 6) is -0.426. The van der Waals surface area contributed by atoms with Crippen LogP contribution < -0.4 is 5.73 Å². The maximum absolute atomic E-state index is 11.2. The van der Waals surface area contributed by atoms with Crippen LogP contribution >= 0.6 is 0 Å². The highest BCUT2D eigenvalue weighted by atomic mass is 16.5. The Balaban J connectivity index is 1.44. The summed E-state index contributed by atoms with van der Waals surface area (Å²) in [5.41, 5.74) is 9.88. The van der Waals surface area contributed by atoms with E-state index >= 15 is 0 Å². The number of benzene rings is 1. The van der Waals surface area contributed by atoms with Crippen molar-refractivity contribution in [1.29, 1.82) is 0 Å². The zero-order valence-corrected chi connectivity index (χ0v) is 15.8. The number of pyridine rings is 1. The molecule has 4 rings (SSSR count). The SMILES string of the molecule is Cn1nccc1CN1CCOC(c2ccc(-c3ccc(C(N)=O)cc3)cn2)C1. The lowest BCUT2D eigenvalue weighted by molar-refractivity contribution is -0.0356. The molecule has 1 unspecified atom stereocenters. The smallest absolute Gasteiger partial charge is 0.248 e. The standard InChI is InChI=1S/C21H23N5O2/c1-25-18(8-9-24-25)13-26-10-11-28-20(14-26)19-7-6-17(12-23-19)15-2-4-16(5-3-15)21(22)27/h2-9,12,20H,10-11,13-14H2,1H3,(H2,22,27). The van der Waals surface area contributed by atoms with E-state index in [4.69, 9.17) is 10.5 Å². The number of hydrogen-bond donors (Lipinski definition) is 1. The molecule has 3 heterocycles. The highest BCUT2D eigenvalue weighted by molar-refractivity contribution is 5.93. The number of hydrogen-bond acceptors (Lipinski definition) is 5. The number of carbonyl (C=O) groups is 1. The third-order valence-electron chi connectivity index (χ3n) is 5.08.